The summed E-state index contributed by atoms with van der Waals surface area (Å²) in [4.78, 5) is 11.3. The third kappa shape index (κ3) is 2.25. The fourth-order valence-electron chi connectivity index (χ4n) is 2.09. The second-order valence-electron chi connectivity index (χ2n) is 4.81. The number of aliphatic carboxylic acids is 1. The maximum absolute atomic E-state index is 11.3. The first kappa shape index (κ1) is 11.1. The van der Waals surface area contributed by atoms with Crippen molar-refractivity contribution in [3.8, 4) is 0 Å². The molecule has 16 heavy (non-hydrogen) atoms. The Labute approximate surface area is 95.0 Å². The molecule has 0 bridgehead atoms. The van der Waals surface area contributed by atoms with Crippen molar-refractivity contribution in [3.05, 3.63) is 35.9 Å². The van der Waals surface area contributed by atoms with E-state index in [1.165, 1.54) is 0 Å². The molecule has 2 rings (SSSR count). The van der Waals surface area contributed by atoms with Crippen molar-refractivity contribution in [3.63, 3.8) is 0 Å². The lowest BCUT2D eigenvalue weighted by Gasteiger charge is -2.39. The number of rotatable bonds is 4. The molecule has 0 aromatic heterocycles. The Balaban J connectivity index is 2.15. The first-order chi connectivity index (χ1) is 7.61. The molecular formula is C13H16O3. The van der Waals surface area contributed by atoms with E-state index in [0.717, 1.165) is 5.56 Å². The van der Waals surface area contributed by atoms with E-state index in [0.29, 0.717) is 19.6 Å². The first-order valence-corrected chi connectivity index (χ1v) is 5.46. The van der Waals surface area contributed by atoms with Crippen LogP contribution >= 0.6 is 0 Å². The van der Waals surface area contributed by atoms with Gasteiger partial charge in [-0.3, -0.25) is 4.79 Å². The molecule has 1 fully saturated rings. The lowest BCUT2D eigenvalue weighted by Crippen LogP contribution is -2.41. The Kier molecular flexibility index (Phi) is 2.97. The lowest BCUT2D eigenvalue weighted by molar-refractivity contribution is -0.145. The molecule has 0 spiro atoms. The molecule has 1 atom stereocenters. The van der Waals surface area contributed by atoms with E-state index < -0.39 is 11.9 Å². The Morgan fingerprint density at radius 2 is 2.06 bits per heavy atom. The predicted octanol–water partition coefficient (Wildman–Crippen LogP) is 2.28. The maximum Gasteiger partial charge on any atom is 0.310 e. The van der Waals surface area contributed by atoms with Crippen molar-refractivity contribution < 1.29 is 14.6 Å². The summed E-state index contributed by atoms with van der Waals surface area (Å²) < 4.78 is 5.16. The second-order valence-corrected chi connectivity index (χ2v) is 4.81. The number of benzene rings is 1. The van der Waals surface area contributed by atoms with Crippen LogP contribution in [0.4, 0.5) is 0 Å². The van der Waals surface area contributed by atoms with Gasteiger partial charge in [-0.1, -0.05) is 37.3 Å². The monoisotopic (exact) mass is 220 g/mol. The van der Waals surface area contributed by atoms with Crippen LogP contribution in [0.2, 0.25) is 0 Å². The molecule has 0 radical (unpaired) electrons. The molecule has 0 saturated carbocycles. The molecule has 1 saturated heterocycles. The fourth-order valence-corrected chi connectivity index (χ4v) is 2.09. The second kappa shape index (κ2) is 4.26. The van der Waals surface area contributed by atoms with Gasteiger partial charge in [0.25, 0.3) is 0 Å². The van der Waals surface area contributed by atoms with Crippen molar-refractivity contribution >= 4 is 5.97 Å². The summed E-state index contributed by atoms with van der Waals surface area (Å²) >= 11 is 0. The molecule has 1 unspecified atom stereocenters. The van der Waals surface area contributed by atoms with Crippen LogP contribution in [-0.2, 0) is 9.53 Å². The molecular weight excluding hydrogens is 204 g/mol. The van der Waals surface area contributed by atoms with Crippen molar-refractivity contribution in [2.45, 2.75) is 19.3 Å². The standard InChI is InChI=1S/C13H16O3/c1-13(8-16-9-13)7-11(12(14)15)10-5-3-2-4-6-10/h2-6,11H,7-9H2,1H3,(H,14,15). The molecule has 3 nitrogen and oxygen atoms in total. The van der Waals surface area contributed by atoms with Crippen LogP contribution in [0.1, 0.15) is 24.8 Å². The molecule has 1 N–H and O–H groups in total. The molecule has 86 valence electrons. The van der Waals surface area contributed by atoms with Crippen LogP contribution in [0.25, 0.3) is 0 Å². The van der Waals surface area contributed by atoms with E-state index in [1.807, 2.05) is 30.3 Å². The zero-order chi connectivity index (χ0) is 11.6. The van der Waals surface area contributed by atoms with Crippen molar-refractivity contribution in [2.75, 3.05) is 13.2 Å². The summed E-state index contributed by atoms with van der Waals surface area (Å²) in [6.07, 6.45) is 0.645. The molecule has 0 amide bonds. The highest BCUT2D eigenvalue weighted by Crippen LogP contribution is 2.37. The van der Waals surface area contributed by atoms with E-state index in [4.69, 9.17) is 4.74 Å². The number of carboxylic acids is 1. The van der Waals surface area contributed by atoms with Gasteiger partial charge in [-0.2, -0.15) is 0 Å². The van der Waals surface area contributed by atoms with E-state index in [-0.39, 0.29) is 5.41 Å². The van der Waals surface area contributed by atoms with Gasteiger partial charge in [0.05, 0.1) is 19.1 Å². The number of hydrogen-bond acceptors (Lipinski definition) is 2. The minimum absolute atomic E-state index is 0.0267. The zero-order valence-corrected chi connectivity index (χ0v) is 9.35. The summed E-state index contributed by atoms with van der Waals surface area (Å²) in [5.41, 5.74) is 0.905. The first-order valence-electron chi connectivity index (χ1n) is 5.46. The highest BCUT2D eigenvalue weighted by molar-refractivity contribution is 5.76. The van der Waals surface area contributed by atoms with E-state index >= 15 is 0 Å². The lowest BCUT2D eigenvalue weighted by atomic mass is 9.77. The Morgan fingerprint density at radius 3 is 2.50 bits per heavy atom. The minimum atomic E-state index is -0.751. The molecule has 1 aliphatic heterocycles. The summed E-state index contributed by atoms with van der Waals surface area (Å²) in [6, 6.07) is 9.41. The van der Waals surface area contributed by atoms with Crippen LogP contribution in [0.15, 0.2) is 30.3 Å². The highest BCUT2D eigenvalue weighted by Gasteiger charge is 2.38. The Hall–Kier alpha value is -1.35. The van der Waals surface area contributed by atoms with Gasteiger partial charge in [-0.25, -0.2) is 0 Å². The van der Waals surface area contributed by atoms with Gasteiger partial charge in [0.2, 0.25) is 0 Å². The third-order valence-corrected chi connectivity index (χ3v) is 3.10. The van der Waals surface area contributed by atoms with Gasteiger partial charge in [-0.15, -0.1) is 0 Å². The number of ether oxygens (including phenoxy) is 1. The van der Waals surface area contributed by atoms with E-state index in [1.54, 1.807) is 0 Å². The average Bonchev–Trinajstić information content (AvgIpc) is 2.24. The average molecular weight is 220 g/mol. The fraction of sp³-hybridized carbons (Fsp3) is 0.462. The van der Waals surface area contributed by atoms with Gasteiger partial charge < -0.3 is 9.84 Å². The summed E-state index contributed by atoms with van der Waals surface area (Å²) in [5.74, 6) is -1.17. The molecule has 3 heteroatoms. The summed E-state index contributed by atoms with van der Waals surface area (Å²) in [5, 5.41) is 9.27. The quantitative estimate of drug-likeness (QED) is 0.846. The summed E-state index contributed by atoms with van der Waals surface area (Å²) in [7, 11) is 0. The van der Waals surface area contributed by atoms with Gasteiger partial charge in [0.1, 0.15) is 0 Å². The zero-order valence-electron chi connectivity index (χ0n) is 9.35. The topological polar surface area (TPSA) is 46.5 Å². The van der Waals surface area contributed by atoms with Crippen LogP contribution < -0.4 is 0 Å². The highest BCUT2D eigenvalue weighted by atomic mass is 16.5. The maximum atomic E-state index is 11.3. The van der Waals surface area contributed by atoms with Gasteiger partial charge in [0.15, 0.2) is 0 Å². The van der Waals surface area contributed by atoms with E-state index in [2.05, 4.69) is 6.92 Å². The number of carboxylic acid groups (broad SMARTS) is 1. The van der Waals surface area contributed by atoms with Crippen molar-refractivity contribution in [1.82, 2.24) is 0 Å². The SMILES string of the molecule is CC1(CC(C(=O)O)c2ccccc2)COC1. The normalized spacial score (nSPS) is 19.8. The Morgan fingerprint density at radius 1 is 1.44 bits per heavy atom. The van der Waals surface area contributed by atoms with Crippen molar-refractivity contribution in [1.29, 1.82) is 0 Å². The molecule has 1 heterocycles. The van der Waals surface area contributed by atoms with Gasteiger partial charge in [0, 0.05) is 5.41 Å². The van der Waals surface area contributed by atoms with Crippen LogP contribution in [0, 0.1) is 5.41 Å². The largest absolute Gasteiger partial charge is 0.481 e. The molecule has 1 aliphatic rings. The third-order valence-electron chi connectivity index (χ3n) is 3.10. The van der Waals surface area contributed by atoms with E-state index in [9.17, 15) is 9.90 Å². The number of hydrogen-bond donors (Lipinski definition) is 1. The summed E-state index contributed by atoms with van der Waals surface area (Å²) in [6.45, 7) is 3.42. The number of carbonyl (C=O) groups is 1. The minimum Gasteiger partial charge on any atom is -0.481 e. The van der Waals surface area contributed by atoms with Crippen LogP contribution in [0.3, 0.4) is 0 Å². The molecule has 0 aliphatic carbocycles. The van der Waals surface area contributed by atoms with Gasteiger partial charge >= 0.3 is 5.97 Å². The molecule has 1 aromatic rings. The van der Waals surface area contributed by atoms with Crippen molar-refractivity contribution in [2.24, 2.45) is 5.41 Å². The Bertz CT molecular complexity index is 368. The predicted molar refractivity (Wildman–Crippen MR) is 60.4 cm³/mol. The van der Waals surface area contributed by atoms with Crippen LogP contribution in [0.5, 0.6) is 0 Å². The smallest absolute Gasteiger partial charge is 0.310 e. The van der Waals surface area contributed by atoms with Crippen LogP contribution in [-0.4, -0.2) is 24.3 Å². The van der Waals surface area contributed by atoms with Gasteiger partial charge in [-0.05, 0) is 12.0 Å². The molecule has 1 aromatic carbocycles.